The van der Waals surface area contributed by atoms with Gasteiger partial charge in [-0.1, -0.05) is 23.2 Å². The van der Waals surface area contributed by atoms with Gasteiger partial charge in [0.05, 0.1) is 5.02 Å². The second-order valence-electron chi connectivity index (χ2n) is 6.29. The predicted molar refractivity (Wildman–Crippen MR) is 113 cm³/mol. The number of fused-ring (bicyclic) bond motifs is 1. The average Bonchev–Trinajstić information content (AvgIpc) is 3.12. The van der Waals surface area contributed by atoms with Crippen LogP contribution >= 0.6 is 23.2 Å². The zero-order valence-electron chi connectivity index (χ0n) is 15.3. The van der Waals surface area contributed by atoms with E-state index in [4.69, 9.17) is 32.4 Å². The summed E-state index contributed by atoms with van der Waals surface area (Å²) in [5.41, 5.74) is 3.32. The monoisotopic (exact) mass is 427 g/mol. The summed E-state index contributed by atoms with van der Waals surface area (Å²) in [6, 6.07) is 14.0. The molecule has 2 aromatic carbocycles. The molecule has 1 N–H and O–H groups in total. The van der Waals surface area contributed by atoms with Crippen LogP contribution in [0.3, 0.4) is 0 Å². The molecule has 0 aliphatic rings. The number of aryl methyl sites for hydroxylation is 1. The zero-order valence-corrected chi connectivity index (χ0v) is 16.8. The van der Waals surface area contributed by atoms with Gasteiger partial charge in [0, 0.05) is 22.5 Å². The van der Waals surface area contributed by atoms with Crippen LogP contribution in [-0.2, 0) is 4.79 Å². The standard InChI is InChI=1S/C21H15Cl2N3O3/c1-12-9-14(22)10-16(23)19(12)28-11-18(27)25-15-6-4-13(5-7-15)21-26-20-17(29-21)3-2-8-24-20/h2-10H,11H2,1H3,(H,25,27). The number of amides is 1. The van der Waals surface area contributed by atoms with E-state index < -0.39 is 0 Å². The van der Waals surface area contributed by atoms with Crippen LogP contribution < -0.4 is 10.1 Å². The van der Waals surface area contributed by atoms with Crippen molar-refractivity contribution in [2.45, 2.75) is 6.92 Å². The van der Waals surface area contributed by atoms with Gasteiger partial charge in [-0.15, -0.1) is 0 Å². The Kier molecular flexibility index (Phi) is 5.38. The van der Waals surface area contributed by atoms with E-state index in [1.807, 2.05) is 13.0 Å². The zero-order chi connectivity index (χ0) is 20.4. The Hall–Kier alpha value is -3.09. The minimum absolute atomic E-state index is 0.180. The van der Waals surface area contributed by atoms with Crippen LogP contribution in [0.2, 0.25) is 10.0 Å². The van der Waals surface area contributed by atoms with Gasteiger partial charge in [-0.3, -0.25) is 4.79 Å². The van der Waals surface area contributed by atoms with E-state index in [0.717, 1.165) is 11.1 Å². The predicted octanol–water partition coefficient (Wildman–Crippen LogP) is 5.52. The number of anilines is 1. The molecule has 0 aliphatic carbocycles. The maximum atomic E-state index is 12.2. The van der Waals surface area contributed by atoms with Gasteiger partial charge in [0.15, 0.2) is 17.8 Å². The van der Waals surface area contributed by atoms with E-state index in [9.17, 15) is 4.79 Å². The number of nitrogens with one attached hydrogen (secondary N) is 1. The van der Waals surface area contributed by atoms with Gasteiger partial charge in [-0.2, -0.15) is 4.98 Å². The summed E-state index contributed by atoms with van der Waals surface area (Å²) in [6.07, 6.45) is 1.66. The topological polar surface area (TPSA) is 77.2 Å². The molecule has 0 aliphatic heterocycles. The van der Waals surface area contributed by atoms with Crippen molar-refractivity contribution in [1.82, 2.24) is 9.97 Å². The van der Waals surface area contributed by atoms with Gasteiger partial charge >= 0.3 is 0 Å². The number of benzene rings is 2. The lowest BCUT2D eigenvalue weighted by Crippen LogP contribution is -2.20. The summed E-state index contributed by atoms with van der Waals surface area (Å²) >= 11 is 12.1. The molecule has 0 atom stereocenters. The number of rotatable bonds is 5. The van der Waals surface area contributed by atoms with Crippen LogP contribution in [0.1, 0.15) is 5.56 Å². The van der Waals surface area contributed by atoms with Crippen molar-refractivity contribution in [3.05, 3.63) is 70.3 Å². The molecule has 0 unspecified atom stereocenters. The summed E-state index contributed by atoms with van der Waals surface area (Å²) in [5.74, 6) is 0.591. The van der Waals surface area contributed by atoms with Gasteiger partial charge < -0.3 is 14.5 Å². The second kappa shape index (κ2) is 8.11. The summed E-state index contributed by atoms with van der Waals surface area (Å²) in [4.78, 5) is 20.7. The number of nitrogens with zero attached hydrogens (tertiary/aromatic N) is 2. The molecule has 2 heterocycles. The van der Waals surface area contributed by atoms with Gasteiger partial charge in [0.1, 0.15) is 5.75 Å². The molecule has 6 nitrogen and oxygen atoms in total. The summed E-state index contributed by atoms with van der Waals surface area (Å²) in [5, 5.41) is 3.65. The maximum Gasteiger partial charge on any atom is 0.262 e. The van der Waals surface area contributed by atoms with Crippen LogP contribution in [0.25, 0.3) is 22.7 Å². The Morgan fingerprint density at radius 2 is 1.97 bits per heavy atom. The molecule has 29 heavy (non-hydrogen) atoms. The highest BCUT2D eigenvalue weighted by atomic mass is 35.5. The van der Waals surface area contributed by atoms with Gasteiger partial charge in [-0.25, -0.2) is 4.98 Å². The maximum absolute atomic E-state index is 12.2. The molecule has 0 bridgehead atoms. The summed E-state index contributed by atoms with van der Waals surface area (Å²) in [7, 11) is 0. The molecule has 0 spiro atoms. The van der Waals surface area contributed by atoms with E-state index in [2.05, 4.69) is 15.3 Å². The number of pyridine rings is 1. The Morgan fingerprint density at radius 3 is 2.69 bits per heavy atom. The number of carbonyl (C=O) groups is 1. The van der Waals surface area contributed by atoms with Crippen LogP contribution in [-0.4, -0.2) is 22.5 Å². The normalized spacial score (nSPS) is 10.9. The molecule has 1 amide bonds. The molecule has 4 aromatic rings. The fraction of sp³-hybridized carbons (Fsp3) is 0.0952. The molecular weight excluding hydrogens is 413 g/mol. The first kappa shape index (κ1) is 19.2. The number of oxazole rings is 1. The molecular formula is C21H15Cl2N3O3. The first-order chi connectivity index (χ1) is 14.0. The summed E-state index contributed by atoms with van der Waals surface area (Å²) < 4.78 is 11.2. The molecule has 0 saturated carbocycles. The largest absolute Gasteiger partial charge is 0.482 e. The highest BCUT2D eigenvalue weighted by Gasteiger charge is 2.12. The summed E-state index contributed by atoms with van der Waals surface area (Å²) in [6.45, 7) is 1.63. The van der Waals surface area contributed by atoms with Crippen LogP contribution in [0, 0.1) is 6.92 Å². The third kappa shape index (κ3) is 4.34. The highest BCUT2D eigenvalue weighted by molar-refractivity contribution is 6.35. The van der Waals surface area contributed by atoms with E-state index in [1.54, 1.807) is 48.7 Å². The van der Waals surface area contributed by atoms with Crippen molar-refractivity contribution in [3.63, 3.8) is 0 Å². The number of aromatic nitrogens is 2. The average molecular weight is 428 g/mol. The van der Waals surface area contributed by atoms with Crippen LogP contribution in [0.4, 0.5) is 5.69 Å². The van der Waals surface area contributed by atoms with Crippen molar-refractivity contribution in [1.29, 1.82) is 0 Å². The fourth-order valence-corrected chi connectivity index (χ4v) is 3.44. The lowest BCUT2D eigenvalue weighted by atomic mass is 10.2. The number of halogens is 2. The lowest BCUT2D eigenvalue weighted by molar-refractivity contribution is -0.118. The Labute approximate surface area is 176 Å². The Bertz CT molecular complexity index is 1130. The molecule has 2 aromatic heterocycles. The number of carbonyl (C=O) groups excluding carboxylic acids is 1. The van der Waals surface area contributed by atoms with E-state index in [1.165, 1.54) is 0 Å². The quantitative estimate of drug-likeness (QED) is 0.453. The molecule has 0 fully saturated rings. The first-order valence-electron chi connectivity index (χ1n) is 8.70. The number of hydrogen-bond acceptors (Lipinski definition) is 5. The van der Waals surface area contributed by atoms with Gasteiger partial charge in [0.25, 0.3) is 5.91 Å². The van der Waals surface area contributed by atoms with Crippen molar-refractivity contribution < 1.29 is 13.9 Å². The molecule has 0 radical (unpaired) electrons. The van der Waals surface area contributed by atoms with Crippen LogP contribution in [0.5, 0.6) is 5.75 Å². The fourth-order valence-electron chi connectivity index (χ4n) is 2.80. The first-order valence-corrected chi connectivity index (χ1v) is 9.45. The number of ether oxygens (including phenoxy) is 1. The Morgan fingerprint density at radius 1 is 1.17 bits per heavy atom. The van der Waals surface area contributed by atoms with Gasteiger partial charge in [-0.05, 0) is 61.0 Å². The molecule has 8 heteroatoms. The molecule has 4 rings (SSSR count). The van der Waals surface area contributed by atoms with Crippen molar-refractivity contribution in [3.8, 4) is 17.2 Å². The minimum Gasteiger partial charge on any atom is -0.482 e. The van der Waals surface area contributed by atoms with Gasteiger partial charge in [0.2, 0.25) is 5.89 Å². The highest BCUT2D eigenvalue weighted by Crippen LogP contribution is 2.31. The van der Waals surface area contributed by atoms with E-state index in [0.29, 0.717) is 38.6 Å². The van der Waals surface area contributed by atoms with Crippen molar-refractivity contribution in [2.75, 3.05) is 11.9 Å². The Balaban J connectivity index is 1.40. The van der Waals surface area contributed by atoms with Crippen molar-refractivity contribution >= 4 is 46.0 Å². The smallest absolute Gasteiger partial charge is 0.262 e. The molecule has 146 valence electrons. The van der Waals surface area contributed by atoms with Crippen molar-refractivity contribution in [2.24, 2.45) is 0 Å². The SMILES string of the molecule is Cc1cc(Cl)cc(Cl)c1OCC(=O)Nc1ccc(-c2nc3ncccc3o2)cc1. The van der Waals surface area contributed by atoms with E-state index >= 15 is 0 Å². The third-order valence-corrected chi connectivity index (χ3v) is 4.62. The molecule has 0 saturated heterocycles. The number of hydrogen-bond donors (Lipinski definition) is 1. The second-order valence-corrected chi connectivity index (χ2v) is 7.14. The minimum atomic E-state index is -0.311. The lowest BCUT2D eigenvalue weighted by Gasteiger charge is -2.11. The van der Waals surface area contributed by atoms with E-state index in [-0.39, 0.29) is 12.5 Å². The van der Waals surface area contributed by atoms with Crippen LogP contribution in [0.15, 0.2) is 59.1 Å². The third-order valence-electron chi connectivity index (χ3n) is 4.12.